The SMILES string of the molecule is O=C(CCc1cnn(-c2ccccc2)c1)NCCS(=O)(=O)N1CCc2ccccc21. The monoisotopic (exact) mass is 424 g/mol. The van der Waals surface area contributed by atoms with Gasteiger partial charge in [0.05, 0.1) is 23.3 Å². The van der Waals surface area contributed by atoms with Crippen LogP contribution in [0.25, 0.3) is 5.69 Å². The molecule has 30 heavy (non-hydrogen) atoms. The van der Waals surface area contributed by atoms with Crippen LogP contribution in [0.1, 0.15) is 17.5 Å². The van der Waals surface area contributed by atoms with E-state index in [0.717, 1.165) is 28.9 Å². The molecule has 1 aliphatic heterocycles. The predicted octanol–water partition coefficient (Wildman–Crippen LogP) is 2.31. The maximum Gasteiger partial charge on any atom is 0.236 e. The molecule has 1 N–H and O–H groups in total. The van der Waals surface area contributed by atoms with Crippen LogP contribution in [-0.2, 0) is 27.7 Å². The molecule has 8 heteroatoms. The molecule has 7 nitrogen and oxygen atoms in total. The number of sulfonamides is 1. The molecule has 0 saturated carbocycles. The fourth-order valence-electron chi connectivity index (χ4n) is 3.58. The van der Waals surface area contributed by atoms with Crippen molar-refractivity contribution in [1.82, 2.24) is 15.1 Å². The molecule has 0 bridgehead atoms. The van der Waals surface area contributed by atoms with Gasteiger partial charge in [0.2, 0.25) is 15.9 Å². The van der Waals surface area contributed by atoms with E-state index in [1.807, 2.05) is 60.8 Å². The Kier molecular flexibility index (Phi) is 5.85. The van der Waals surface area contributed by atoms with Crippen molar-refractivity contribution in [3.63, 3.8) is 0 Å². The second-order valence-corrected chi connectivity index (χ2v) is 9.26. The molecular formula is C22H24N4O3S. The highest BCUT2D eigenvalue weighted by atomic mass is 32.2. The molecule has 3 aromatic rings. The highest BCUT2D eigenvalue weighted by Gasteiger charge is 2.28. The van der Waals surface area contributed by atoms with E-state index in [1.54, 1.807) is 10.9 Å². The Morgan fingerprint density at radius 2 is 1.83 bits per heavy atom. The Morgan fingerprint density at radius 3 is 2.67 bits per heavy atom. The molecule has 0 fully saturated rings. The van der Waals surface area contributed by atoms with Gasteiger partial charge in [-0.1, -0.05) is 36.4 Å². The quantitative estimate of drug-likeness (QED) is 0.601. The minimum absolute atomic E-state index is 0.100. The average molecular weight is 425 g/mol. The van der Waals surface area contributed by atoms with Gasteiger partial charge in [-0.25, -0.2) is 13.1 Å². The molecule has 1 aliphatic rings. The van der Waals surface area contributed by atoms with Gasteiger partial charge < -0.3 is 5.32 Å². The zero-order chi connectivity index (χ0) is 21.0. The fourth-order valence-corrected chi connectivity index (χ4v) is 5.01. The molecule has 0 spiro atoms. The van der Waals surface area contributed by atoms with Crippen LogP contribution in [0.5, 0.6) is 0 Å². The van der Waals surface area contributed by atoms with Crippen LogP contribution < -0.4 is 9.62 Å². The van der Waals surface area contributed by atoms with Crippen molar-refractivity contribution in [2.24, 2.45) is 0 Å². The number of fused-ring (bicyclic) bond motifs is 1. The van der Waals surface area contributed by atoms with Gasteiger partial charge in [-0.15, -0.1) is 0 Å². The Balaban J connectivity index is 1.24. The third-order valence-electron chi connectivity index (χ3n) is 5.16. The summed E-state index contributed by atoms with van der Waals surface area (Å²) in [6.07, 6.45) is 5.20. The largest absolute Gasteiger partial charge is 0.355 e. The van der Waals surface area contributed by atoms with E-state index < -0.39 is 10.0 Å². The standard InChI is InChI=1S/C22H24N4O3S/c27-22(11-10-18-16-24-25(17-18)20-7-2-1-3-8-20)23-13-15-30(28,29)26-14-12-19-6-4-5-9-21(19)26/h1-9,16-17H,10-15H2,(H,23,27). The van der Waals surface area contributed by atoms with E-state index in [0.29, 0.717) is 13.0 Å². The van der Waals surface area contributed by atoms with Gasteiger partial charge in [0, 0.05) is 25.7 Å². The summed E-state index contributed by atoms with van der Waals surface area (Å²) >= 11 is 0. The minimum atomic E-state index is -3.46. The van der Waals surface area contributed by atoms with Crippen molar-refractivity contribution in [1.29, 1.82) is 0 Å². The van der Waals surface area contributed by atoms with Crippen molar-refractivity contribution in [3.05, 3.63) is 78.1 Å². The van der Waals surface area contributed by atoms with Gasteiger partial charge in [0.15, 0.2) is 0 Å². The maximum absolute atomic E-state index is 12.7. The smallest absolute Gasteiger partial charge is 0.236 e. The number of aromatic nitrogens is 2. The van der Waals surface area contributed by atoms with E-state index in [4.69, 9.17) is 0 Å². The molecule has 0 unspecified atom stereocenters. The summed E-state index contributed by atoms with van der Waals surface area (Å²) in [5.74, 6) is -0.279. The molecule has 0 saturated heterocycles. The molecule has 1 amide bonds. The van der Waals surface area contributed by atoms with Gasteiger partial charge in [-0.05, 0) is 42.2 Å². The van der Waals surface area contributed by atoms with Gasteiger partial charge in [-0.2, -0.15) is 5.10 Å². The number of amides is 1. The Morgan fingerprint density at radius 1 is 1.07 bits per heavy atom. The van der Waals surface area contributed by atoms with Gasteiger partial charge >= 0.3 is 0 Å². The van der Waals surface area contributed by atoms with Crippen LogP contribution in [0.3, 0.4) is 0 Å². The number of rotatable bonds is 8. The summed E-state index contributed by atoms with van der Waals surface area (Å²) in [4.78, 5) is 12.2. The molecule has 2 aromatic carbocycles. The number of carbonyl (C=O) groups excluding carboxylic acids is 1. The van der Waals surface area contributed by atoms with Crippen molar-refractivity contribution in [2.45, 2.75) is 19.3 Å². The fraction of sp³-hybridized carbons (Fsp3) is 0.273. The normalized spacial score (nSPS) is 13.3. The molecule has 2 heterocycles. The highest BCUT2D eigenvalue weighted by molar-refractivity contribution is 7.92. The molecule has 4 rings (SSSR count). The molecule has 156 valence electrons. The molecular weight excluding hydrogens is 400 g/mol. The summed E-state index contributed by atoms with van der Waals surface area (Å²) in [6, 6.07) is 17.3. The van der Waals surface area contributed by atoms with Crippen molar-refractivity contribution >= 4 is 21.6 Å². The van der Waals surface area contributed by atoms with Crippen LogP contribution in [-0.4, -0.2) is 42.9 Å². The van der Waals surface area contributed by atoms with Gasteiger partial charge in [-0.3, -0.25) is 9.10 Å². The summed E-state index contributed by atoms with van der Waals surface area (Å²) in [5.41, 5.74) is 3.71. The predicted molar refractivity (Wildman–Crippen MR) is 116 cm³/mol. The Bertz CT molecular complexity index is 1130. The van der Waals surface area contributed by atoms with Crippen LogP contribution >= 0.6 is 0 Å². The maximum atomic E-state index is 12.7. The first-order chi connectivity index (χ1) is 14.5. The average Bonchev–Trinajstić information content (AvgIpc) is 3.40. The first kappa shape index (κ1) is 20.2. The van der Waals surface area contributed by atoms with Crippen molar-refractivity contribution in [3.8, 4) is 5.69 Å². The van der Waals surface area contributed by atoms with Crippen LogP contribution in [0.2, 0.25) is 0 Å². The topological polar surface area (TPSA) is 84.3 Å². The van der Waals surface area contributed by atoms with Gasteiger partial charge in [0.1, 0.15) is 0 Å². The van der Waals surface area contributed by atoms with E-state index >= 15 is 0 Å². The van der Waals surface area contributed by atoms with E-state index in [1.165, 1.54) is 4.31 Å². The van der Waals surface area contributed by atoms with Crippen molar-refractivity contribution < 1.29 is 13.2 Å². The van der Waals surface area contributed by atoms with E-state index in [-0.39, 0.29) is 24.6 Å². The summed E-state index contributed by atoms with van der Waals surface area (Å²) < 4.78 is 28.5. The lowest BCUT2D eigenvalue weighted by Crippen LogP contribution is -2.37. The number of nitrogens with one attached hydrogen (secondary N) is 1. The first-order valence-corrected chi connectivity index (χ1v) is 11.6. The summed E-state index contributed by atoms with van der Waals surface area (Å²) in [7, 11) is -3.46. The summed E-state index contributed by atoms with van der Waals surface area (Å²) in [5, 5.41) is 7.04. The number of benzene rings is 2. The van der Waals surface area contributed by atoms with Crippen LogP contribution in [0, 0.1) is 0 Å². The second-order valence-electron chi connectivity index (χ2n) is 7.25. The van der Waals surface area contributed by atoms with Crippen LogP contribution in [0.4, 0.5) is 5.69 Å². The number of aryl methyl sites for hydroxylation is 1. The molecule has 0 aliphatic carbocycles. The zero-order valence-electron chi connectivity index (χ0n) is 16.6. The third-order valence-corrected chi connectivity index (χ3v) is 6.93. The summed E-state index contributed by atoms with van der Waals surface area (Å²) in [6.45, 7) is 0.560. The lowest BCUT2D eigenvalue weighted by Gasteiger charge is -2.19. The van der Waals surface area contributed by atoms with E-state index in [2.05, 4.69) is 10.4 Å². The lowest BCUT2D eigenvalue weighted by atomic mass is 10.2. The van der Waals surface area contributed by atoms with Crippen LogP contribution in [0.15, 0.2) is 67.0 Å². The molecule has 1 aromatic heterocycles. The number of carbonyl (C=O) groups is 1. The highest BCUT2D eigenvalue weighted by Crippen LogP contribution is 2.29. The number of para-hydroxylation sites is 2. The number of nitrogens with zero attached hydrogens (tertiary/aromatic N) is 3. The number of hydrogen-bond donors (Lipinski definition) is 1. The lowest BCUT2D eigenvalue weighted by molar-refractivity contribution is -0.120. The third kappa shape index (κ3) is 4.54. The van der Waals surface area contributed by atoms with Gasteiger partial charge in [0.25, 0.3) is 0 Å². The number of anilines is 1. The molecule has 0 radical (unpaired) electrons. The minimum Gasteiger partial charge on any atom is -0.355 e. The first-order valence-electron chi connectivity index (χ1n) is 9.97. The Hall–Kier alpha value is -3.13. The zero-order valence-corrected chi connectivity index (χ0v) is 17.4. The Labute approximate surface area is 176 Å². The van der Waals surface area contributed by atoms with E-state index in [9.17, 15) is 13.2 Å². The number of hydrogen-bond acceptors (Lipinski definition) is 4. The molecule has 0 atom stereocenters. The van der Waals surface area contributed by atoms with Crippen molar-refractivity contribution in [2.75, 3.05) is 23.1 Å². The second kappa shape index (κ2) is 8.71.